The molecule has 3 rings (SSSR count). The fraction of sp³-hybridized carbons (Fsp3) is 0.238. The number of nitro benzene ring substituents is 1. The average Bonchev–Trinajstić information content (AvgIpc) is 2.73. The van der Waals surface area contributed by atoms with Crippen molar-refractivity contribution in [1.82, 2.24) is 4.90 Å². The Labute approximate surface area is 168 Å². The molecule has 1 N–H and O–H groups in total. The van der Waals surface area contributed by atoms with E-state index in [9.17, 15) is 19.7 Å². The van der Waals surface area contributed by atoms with Crippen LogP contribution >= 0.6 is 0 Å². The summed E-state index contributed by atoms with van der Waals surface area (Å²) in [6.45, 7) is 4.23. The molecule has 8 nitrogen and oxygen atoms in total. The molecule has 0 spiro atoms. The van der Waals surface area contributed by atoms with Crippen molar-refractivity contribution in [2.24, 2.45) is 0 Å². The quantitative estimate of drug-likeness (QED) is 0.478. The van der Waals surface area contributed by atoms with Gasteiger partial charge in [-0.1, -0.05) is 24.3 Å². The smallest absolute Gasteiger partial charge is 0.270 e. The molecule has 0 unspecified atom stereocenters. The molecule has 1 aliphatic rings. The second-order valence-corrected chi connectivity index (χ2v) is 6.68. The minimum Gasteiger partial charge on any atom is -0.366 e. The van der Waals surface area contributed by atoms with Gasteiger partial charge in [0.15, 0.2) is 0 Å². The van der Waals surface area contributed by atoms with Gasteiger partial charge >= 0.3 is 0 Å². The standard InChI is InChI=1S/C21H22N4O4/c1-16(26)23-11-13-24(14-12-23)20-8-3-2-7-19(20)22-21(27)10-9-17-5-4-6-18(15-17)25(28)29/h2-10,15H,11-14H2,1H3,(H,22,27)/b10-9+. The van der Waals surface area contributed by atoms with Gasteiger partial charge in [0.2, 0.25) is 11.8 Å². The normalized spacial score (nSPS) is 14.1. The maximum absolute atomic E-state index is 12.4. The Morgan fingerprint density at radius 1 is 1.07 bits per heavy atom. The molecule has 0 radical (unpaired) electrons. The highest BCUT2D eigenvalue weighted by Crippen LogP contribution is 2.26. The SMILES string of the molecule is CC(=O)N1CCN(c2ccccc2NC(=O)/C=C/c2cccc([N+](=O)[O-])c2)CC1. The van der Waals surface area contributed by atoms with E-state index in [2.05, 4.69) is 10.2 Å². The highest BCUT2D eigenvalue weighted by Gasteiger charge is 2.20. The fourth-order valence-electron chi connectivity index (χ4n) is 3.21. The summed E-state index contributed by atoms with van der Waals surface area (Å²) in [5.41, 5.74) is 2.12. The molecule has 0 bridgehead atoms. The van der Waals surface area contributed by atoms with E-state index < -0.39 is 4.92 Å². The third kappa shape index (κ3) is 5.19. The number of amides is 2. The molecule has 0 aromatic heterocycles. The molecule has 0 aliphatic carbocycles. The first-order valence-electron chi connectivity index (χ1n) is 9.27. The third-order valence-corrected chi connectivity index (χ3v) is 4.74. The van der Waals surface area contributed by atoms with Gasteiger partial charge in [-0.2, -0.15) is 0 Å². The van der Waals surface area contributed by atoms with Gasteiger partial charge in [0, 0.05) is 51.3 Å². The van der Waals surface area contributed by atoms with Crippen LogP contribution < -0.4 is 10.2 Å². The van der Waals surface area contributed by atoms with Gasteiger partial charge in [-0.3, -0.25) is 19.7 Å². The number of rotatable bonds is 5. The van der Waals surface area contributed by atoms with Crippen molar-refractivity contribution in [1.29, 1.82) is 0 Å². The number of carbonyl (C=O) groups excluding carboxylic acids is 2. The Kier molecular flexibility index (Phi) is 6.23. The van der Waals surface area contributed by atoms with Crippen molar-refractivity contribution in [3.8, 4) is 0 Å². The largest absolute Gasteiger partial charge is 0.366 e. The zero-order chi connectivity index (χ0) is 20.8. The Hall–Kier alpha value is -3.68. The minimum atomic E-state index is -0.473. The molecular formula is C21H22N4O4. The lowest BCUT2D eigenvalue weighted by molar-refractivity contribution is -0.384. The van der Waals surface area contributed by atoms with Crippen LogP contribution in [0, 0.1) is 10.1 Å². The number of nitro groups is 1. The van der Waals surface area contributed by atoms with E-state index in [1.807, 2.05) is 24.3 Å². The summed E-state index contributed by atoms with van der Waals surface area (Å²) in [5.74, 6) is -0.260. The molecule has 8 heteroatoms. The summed E-state index contributed by atoms with van der Waals surface area (Å²) in [6, 6.07) is 13.6. The monoisotopic (exact) mass is 394 g/mol. The number of anilines is 2. The molecular weight excluding hydrogens is 372 g/mol. The van der Waals surface area contributed by atoms with Gasteiger partial charge in [0.1, 0.15) is 0 Å². The van der Waals surface area contributed by atoms with Crippen LogP contribution in [0.3, 0.4) is 0 Å². The first-order chi connectivity index (χ1) is 13.9. The summed E-state index contributed by atoms with van der Waals surface area (Å²) in [4.78, 5) is 38.2. The lowest BCUT2D eigenvalue weighted by Gasteiger charge is -2.36. The van der Waals surface area contributed by atoms with E-state index in [4.69, 9.17) is 0 Å². The summed E-state index contributed by atoms with van der Waals surface area (Å²) >= 11 is 0. The Balaban J connectivity index is 1.68. The Bertz CT molecular complexity index is 949. The van der Waals surface area contributed by atoms with Crippen molar-refractivity contribution in [2.45, 2.75) is 6.92 Å². The average molecular weight is 394 g/mol. The van der Waals surface area contributed by atoms with Crippen LogP contribution in [0.15, 0.2) is 54.6 Å². The second-order valence-electron chi connectivity index (χ2n) is 6.68. The van der Waals surface area contributed by atoms with Gasteiger partial charge in [-0.15, -0.1) is 0 Å². The first-order valence-corrected chi connectivity index (χ1v) is 9.27. The third-order valence-electron chi connectivity index (χ3n) is 4.74. The number of benzene rings is 2. The van der Waals surface area contributed by atoms with E-state index in [0.717, 1.165) is 5.69 Å². The van der Waals surface area contributed by atoms with E-state index >= 15 is 0 Å². The molecule has 1 heterocycles. The lowest BCUT2D eigenvalue weighted by Crippen LogP contribution is -2.48. The van der Waals surface area contributed by atoms with Gasteiger partial charge in [0.25, 0.3) is 5.69 Å². The lowest BCUT2D eigenvalue weighted by atomic mass is 10.2. The Morgan fingerprint density at radius 3 is 2.48 bits per heavy atom. The van der Waals surface area contributed by atoms with Gasteiger partial charge in [-0.05, 0) is 23.8 Å². The minimum absolute atomic E-state index is 0.0254. The fourth-order valence-corrected chi connectivity index (χ4v) is 3.21. The van der Waals surface area contributed by atoms with Crippen molar-refractivity contribution in [2.75, 3.05) is 36.4 Å². The number of non-ortho nitro benzene ring substituents is 1. The molecule has 1 saturated heterocycles. The van der Waals surface area contributed by atoms with E-state index in [1.54, 1.807) is 24.0 Å². The van der Waals surface area contributed by atoms with Crippen molar-refractivity contribution >= 4 is 35.0 Å². The molecule has 0 saturated carbocycles. The number of nitrogens with zero attached hydrogens (tertiary/aromatic N) is 3. The molecule has 2 amide bonds. The second kappa shape index (κ2) is 9.01. The molecule has 0 atom stereocenters. The van der Waals surface area contributed by atoms with E-state index in [-0.39, 0.29) is 17.5 Å². The van der Waals surface area contributed by atoms with E-state index in [1.165, 1.54) is 24.3 Å². The van der Waals surface area contributed by atoms with Crippen molar-refractivity contribution in [3.63, 3.8) is 0 Å². The predicted octanol–water partition coefficient (Wildman–Crippen LogP) is 2.92. The van der Waals surface area contributed by atoms with Crippen LogP contribution in [0.4, 0.5) is 17.1 Å². The number of para-hydroxylation sites is 2. The van der Waals surface area contributed by atoms with Crippen LogP contribution in [-0.4, -0.2) is 47.8 Å². The zero-order valence-electron chi connectivity index (χ0n) is 16.1. The molecule has 1 fully saturated rings. The van der Waals surface area contributed by atoms with Crippen LogP contribution in [0.1, 0.15) is 12.5 Å². The molecule has 1 aliphatic heterocycles. The summed E-state index contributed by atoms with van der Waals surface area (Å²) in [5, 5.41) is 13.7. The molecule has 2 aromatic carbocycles. The molecule has 2 aromatic rings. The van der Waals surface area contributed by atoms with Crippen LogP contribution in [0.25, 0.3) is 6.08 Å². The predicted molar refractivity (Wildman–Crippen MR) is 112 cm³/mol. The maximum Gasteiger partial charge on any atom is 0.270 e. The maximum atomic E-state index is 12.4. The number of carbonyl (C=O) groups is 2. The van der Waals surface area contributed by atoms with Crippen molar-refractivity contribution < 1.29 is 14.5 Å². The summed E-state index contributed by atoms with van der Waals surface area (Å²) in [6.07, 6.45) is 2.89. The number of nitrogens with one attached hydrogen (secondary N) is 1. The van der Waals surface area contributed by atoms with Crippen molar-refractivity contribution in [3.05, 3.63) is 70.3 Å². The van der Waals surface area contributed by atoms with E-state index in [0.29, 0.717) is 37.4 Å². The zero-order valence-corrected chi connectivity index (χ0v) is 16.1. The van der Waals surface area contributed by atoms with Gasteiger partial charge < -0.3 is 15.1 Å². The van der Waals surface area contributed by atoms with Gasteiger partial charge in [0.05, 0.1) is 16.3 Å². The Morgan fingerprint density at radius 2 is 1.79 bits per heavy atom. The number of hydrogen-bond donors (Lipinski definition) is 1. The molecule has 29 heavy (non-hydrogen) atoms. The highest BCUT2D eigenvalue weighted by atomic mass is 16.6. The van der Waals surface area contributed by atoms with Crippen LogP contribution in [-0.2, 0) is 9.59 Å². The number of hydrogen-bond acceptors (Lipinski definition) is 5. The first kappa shape index (κ1) is 20.1. The van der Waals surface area contributed by atoms with Gasteiger partial charge in [-0.25, -0.2) is 0 Å². The highest BCUT2D eigenvalue weighted by molar-refractivity contribution is 6.03. The van der Waals surface area contributed by atoms with Crippen LogP contribution in [0.5, 0.6) is 0 Å². The van der Waals surface area contributed by atoms with Crippen LogP contribution in [0.2, 0.25) is 0 Å². The number of piperazine rings is 1. The summed E-state index contributed by atoms with van der Waals surface area (Å²) in [7, 11) is 0. The molecule has 150 valence electrons. The summed E-state index contributed by atoms with van der Waals surface area (Å²) < 4.78 is 0. The topological polar surface area (TPSA) is 95.8 Å².